The highest BCUT2D eigenvalue weighted by atomic mass is 32.1. The summed E-state index contributed by atoms with van der Waals surface area (Å²) in [6, 6.07) is 13.7. The summed E-state index contributed by atoms with van der Waals surface area (Å²) in [6.07, 6.45) is 0. The van der Waals surface area contributed by atoms with Crippen molar-refractivity contribution in [2.45, 2.75) is 19.9 Å². The fourth-order valence-electron chi connectivity index (χ4n) is 2.29. The van der Waals surface area contributed by atoms with Crippen LogP contribution in [0.5, 0.6) is 0 Å². The molecule has 128 valence electrons. The average Bonchev–Trinajstić information content (AvgIpc) is 3.08. The molecule has 1 aromatic heterocycles. The Morgan fingerprint density at radius 2 is 1.88 bits per heavy atom. The Labute approximate surface area is 146 Å². The first-order valence-electron chi connectivity index (χ1n) is 8.05. The summed E-state index contributed by atoms with van der Waals surface area (Å²) in [7, 11) is 0. The van der Waals surface area contributed by atoms with Crippen LogP contribution >= 0.6 is 11.3 Å². The van der Waals surface area contributed by atoms with Crippen LogP contribution in [0.25, 0.3) is 0 Å². The summed E-state index contributed by atoms with van der Waals surface area (Å²) < 4.78 is 0. The van der Waals surface area contributed by atoms with E-state index in [1.165, 1.54) is 4.88 Å². The molecule has 5 nitrogen and oxygen atoms in total. The van der Waals surface area contributed by atoms with E-state index < -0.39 is 6.03 Å². The fourth-order valence-corrected chi connectivity index (χ4v) is 3.14. The molecule has 1 atom stereocenters. The Kier molecular flexibility index (Phi) is 6.96. The van der Waals surface area contributed by atoms with Gasteiger partial charge in [-0.05, 0) is 17.4 Å². The smallest absolute Gasteiger partial charge is 0.321 e. The molecule has 6 heteroatoms. The first-order valence-corrected chi connectivity index (χ1v) is 8.93. The number of thiophene rings is 1. The van der Waals surface area contributed by atoms with Gasteiger partial charge in [-0.15, -0.1) is 11.3 Å². The maximum absolute atomic E-state index is 12.0. The molecule has 0 unspecified atom stereocenters. The van der Waals surface area contributed by atoms with Crippen molar-refractivity contribution < 1.29 is 14.9 Å². The van der Waals surface area contributed by atoms with Crippen molar-refractivity contribution in [1.82, 2.24) is 10.6 Å². The SMILES string of the molecule is CC(C)CNC(=O)NC(=O)C[NH2+][C@H](c1ccccc1)c1cccs1. The summed E-state index contributed by atoms with van der Waals surface area (Å²) in [5, 5.41) is 9.02. The van der Waals surface area contributed by atoms with E-state index in [4.69, 9.17) is 0 Å². The number of imide groups is 1. The normalized spacial score (nSPS) is 12.0. The first-order chi connectivity index (χ1) is 11.6. The summed E-state index contributed by atoms with van der Waals surface area (Å²) in [5.41, 5.74) is 1.14. The van der Waals surface area contributed by atoms with Gasteiger partial charge >= 0.3 is 6.03 Å². The largest absolute Gasteiger partial charge is 0.338 e. The quantitative estimate of drug-likeness (QED) is 0.716. The first kappa shape index (κ1) is 18.2. The second-order valence-electron chi connectivity index (χ2n) is 6.00. The summed E-state index contributed by atoms with van der Waals surface area (Å²) in [6.45, 7) is 4.74. The molecule has 0 radical (unpaired) electrons. The van der Waals surface area contributed by atoms with Gasteiger partial charge in [0.1, 0.15) is 6.04 Å². The van der Waals surface area contributed by atoms with Crippen molar-refractivity contribution in [1.29, 1.82) is 0 Å². The molecule has 0 fully saturated rings. The number of quaternary nitrogens is 1. The molecule has 0 aliphatic rings. The number of nitrogens with one attached hydrogen (secondary N) is 2. The van der Waals surface area contributed by atoms with Crippen LogP contribution in [0.15, 0.2) is 47.8 Å². The lowest BCUT2D eigenvalue weighted by Crippen LogP contribution is -2.87. The highest BCUT2D eigenvalue weighted by Gasteiger charge is 2.20. The van der Waals surface area contributed by atoms with E-state index in [1.54, 1.807) is 11.3 Å². The van der Waals surface area contributed by atoms with Gasteiger partial charge in [-0.2, -0.15) is 0 Å². The number of carbonyl (C=O) groups is 2. The second kappa shape index (κ2) is 9.20. The van der Waals surface area contributed by atoms with Gasteiger partial charge in [0.15, 0.2) is 6.54 Å². The highest BCUT2D eigenvalue weighted by molar-refractivity contribution is 7.10. The van der Waals surface area contributed by atoms with Gasteiger partial charge in [-0.1, -0.05) is 50.2 Å². The predicted octanol–water partition coefficient (Wildman–Crippen LogP) is 1.88. The lowest BCUT2D eigenvalue weighted by molar-refractivity contribution is -0.676. The Hall–Kier alpha value is -2.18. The molecular weight excluding hydrogens is 322 g/mol. The van der Waals surface area contributed by atoms with Gasteiger partial charge in [0.25, 0.3) is 5.91 Å². The van der Waals surface area contributed by atoms with Gasteiger partial charge in [-0.3, -0.25) is 10.1 Å². The van der Waals surface area contributed by atoms with Gasteiger partial charge in [0.2, 0.25) is 0 Å². The lowest BCUT2D eigenvalue weighted by atomic mass is 10.1. The molecule has 0 spiro atoms. The molecule has 0 saturated heterocycles. The van der Waals surface area contributed by atoms with E-state index in [9.17, 15) is 9.59 Å². The molecule has 4 N–H and O–H groups in total. The van der Waals surface area contributed by atoms with Crippen molar-refractivity contribution in [3.63, 3.8) is 0 Å². The van der Waals surface area contributed by atoms with Crippen LogP contribution in [0.1, 0.15) is 30.3 Å². The number of benzene rings is 1. The zero-order valence-electron chi connectivity index (χ0n) is 14.0. The van der Waals surface area contributed by atoms with Crippen LogP contribution < -0.4 is 16.0 Å². The second-order valence-corrected chi connectivity index (χ2v) is 6.97. The van der Waals surface area contributed by atoms with E-state index in [2.05, 4.69) is 16.7 Å². The molecule has 0 saturated carbocycles. The van der Waals surface area contributed by atoms with Crippen LogP contribution in [-0.2, 0) is 4.79 Å². The van der Waals surface area contributed by atoms with Crippen LogP contribution in [-0.4, -0.2) is 25.0 Å². The van der Waals surface area contributed by atoms with Crippen molar-refractivity contribution in [2.75, 3.05) is 13.1 Å². The van der Waals surface area contributed by atoms with Crippen LogP contribution in [0, 0.1) is 5.92 Å². The third-order valence-corrected chi connectivity index (χ3v) is 4.43. The standard InChI is InChI=1S/C18H23N3O2S/c1-13(2)11-20-18(23)21-16(22)12-19-17(15-9-6-10-24-15)14-7-4-3-5-8-14/h3-10,13,17,19H,11-12H2,1-2H3,(H2,20,21,22,23)/p+1/t17-/m1/s1. The summed E-state index contributed by atoms with van der Waals surface area (Å²) in [4.78, 5) is 24.8. The van der Waals surface area contributed by atoms with E-state index in [0.29, 0.717) is 12.5 Å². The third kappa shape index (κ3) is 5.79. The monoisotopic (exact) mass is 346 g/mol. The summed E-state index contributed by atoms with van der Waals surface area (Å²) in [5.74, 6) is 0.0486. The van der Waals surface area contributed by atoms with E-state index in [1.807, 2.05) is 60.9 Å². The molecule has 0 aliphatic carbocycles. The molecule has 0 aliphatic heterocycles. The van der Waals surface area contributed by atoms with Gasteiger partial charge in [0.05, 0.1) is 4.88 Å². The Morgan fingerprint density at radius 1 is 1.12 bits per heavy atom. The fraction of sp³-hybridized carbons (Fsp3) is 0.333. The Bertz CT molecular complexity index is 642. The number of amides is 3. The minimum absolute atomic E-state index is 0.0516. The summed E-state index contributed by atoms with van der Waals surface area (Å²) >= 11 is 1.66. The number of urea groups is 1. The molecule has 0 bridgehead atoms. The van der Waals surface area contributed by atoms with Crippen molar-refractivity contribution in [3.8, 4) is 0 Å². The molecule has 1 heterocycles. The number of nitrogens with two attached hydrogens (primary N) is 1. The van der Waals surface area contributed by atoms with Gasteiger partial charge < -0.3 is 10.6 Å². The van der Waals surface area contributed by atoms with Gasteiger partial charge in [0, 0.05) is 12.1 Å². The predicted molar refractivity (Wildman–Crippen MR) is 95.8 cm³/mol. The molecule has 3 amide bonds. The maximum Gasteiger partial charge on any atom is 0.321 e. The number of hydrogen-bond acceptors (Lipinski definition) is 3. The minimum Gasteiger partial charge on any atom is -0.338 e. The van der Waals surface area contributed by atoms with Crippen molar-refractivity contribution >= 4 is 23.3 Å². The lowest BCUT2D eigenvalue weighted by Gasteiger charge is -2.14. The molecule has 2 aromatic rings. The number of carbonyl (C=O) groups excluding carboxylic acids is 2. The van der Waals surface area contributed by atoms with E-state index in [0.717, 1.165) is 5.56 Å². The van der Waals surface area contributed by atoms with Crippen LogP contribution in [0.4, 0.5) is 4.79 Å². The molecule has 1 aromatic carbocycles. The molecule has 24 heavy (non-hydrogen) atoms. The number of rotatable bonds is 7. The Balaban J connectivity index is 1.91. The molecule has 2 rings (SSSR count). The zero-order valence-corrected chi connectivity index (χ0v) is 14.8. The third-order valence-electron chi connectivity index (χ3n) is 3.47. The number of hydrogen-bond donors (Lipinski definition) is 3. The van der Waals surface area contributed by atoms with Crippen LogP contribution in [0.2, 0.25) is 0 Å². The van der Waals surface area contributed by atoms with E-state index >= 15 is 0 Å². The van der Waals surface area contributed by atoms with Crippen molar-refractivity contribution in [2.24, 2.45) is 5.92 Å². The topological polar surface area (TPSA) is 74.8 Å². The van der Waals surface area contributed by atoms with E-state index in [-0.39, 0.29) is 18.5 Å². The van der Waals surface area contributed by atoms with Crippen molar-refractivity contribution in [3.05, 3.63) is 58.3 Å². The van der Waals surface area contributed by atoms with Gasteiger partial charge in [-0.25, -0.2) is 4.79 Å². The molecular formula is C18H24N3O2S+. The minimum atomic E-state index is -0.436. The highest BCUT2D eigenvalue weighted by Crippen LogP contribution is 2.22. The zero-order chi connectivity index (χ0) is 17.4. The Morgan fingerprint density at radius 3 is 2.50 bits per heavy atom. The maximum atomic E-state index is 12.0. The average molecular weight is 346 g/mol. The van der Waals surface area contributed by atoms with Crippen LogP contribution in [0.3, 0.4) is 0 Å².